The molecule has 0 amide bonds. The van der Waals surface area contributed by atoms with Gasteiger partial charge in [-0.2, -0.15) is 0 Å². The van der Waals surface area contributed by atoms with E-state index in [4.69, 9.17) is 4.52 Å². The molecular weight excluding hydrogens is 328 g/mol. The molecule has 1 aromatic carbocycles. The Morgan fingerprint density at radius 1 is 1.09 bits per heavy atom. The quantitative estimate of drug-likeness (QED) is 0.906. The van der Waals surface area contributed by atoms with E-state index in [1.807, 2.05) is 0 Å². The van der Waals surface area contributed by atoms with E-state index in [1.165, 1.54) is 26.0 Å². The predicted molar refractivity (Wildman–Crippen MR) is 81.1 cm³/mol. The lowest BCUT2D eigenvalue weighted by molar-refractivity contribution is 0.390. The van der Waals surface area contributed by atoms with Gasteiger partial charge in [-0.3, -0.25) is 4.72 Å². The molecule has 0 saturated heterocycles. The molecule has 1 N–H and O–H groups in total. The number of sulfonamides is 1. The van der Waals surface area contributed by atoms with Crippen LogP contribution in [0.5, 0.6) is 0 Å². The SMILES string of the molecule is Cc1ccc(S(C)(=O)=O)cc1NS(=O)(=O)c1c(C)noc1C. The molecule has 0 bridgehead atoms. The van der Waals surface area contributed by atoms with E-state index in [-0.39, 0.29) is 26.9 Å². The number of hydrogen-bond acceptors (Lipinski definition) is 6. The smallest absolute Gasteiger partial charge is 0.267 e. The van der Waals surface area contributed by atoms with Crippen LogP contribution >= 0.6 is 0 Å². The molecule has 7 nitrogen and oxygen atoms in total. The Balaban J connectivity index is 2.51. The highest BCUT2D eigenvalue weighted by atomic mass is 32.2. The van der Waals surface area contributed by atoms with Crippen molar-refractivity contribution in [2.24, 2.45) is 0 Å². The second-order valence-electron chi connectivity index (χ2n) is 5.01. The summed E-state index contributed by atoms with van der Waals surface area (Å²) in [6.07, 6.45) is 1.06. The number of nitrogens with zero attached hydrogens (tertiary/aromatic N) is 1. The van der Waals surface area contributed by atoms with Gasteiger partial charge in [0.05, 0.1) is 10.6 Å². The van der Waals surface area contributed by atoms with Gasteiger partial charge in [0, 0.05) is 6.26 Å². The van der Waals surface area contributed by atoms with Crippen LogP contribution in [0.25, 0.3) is 0 Å². The van der Waals surface area contributed by atoms with Gasteiger partial charge in [0.1, 0.15) is 5.69 Å². The zero-order chi connectivity index (χ0) is 16.7. The fraction of sp³-hybridized carbons (Fsp3) is 0.308. The summed E-state index contributed by atoms with van der Waals surface area (Å²) in [6, 6.07) is 4.26. The number of benzene rings is 1. The Labute approximate surface area is 129 Å². The maximum atomic E-state index is 12.5. The molecule has 0 atom stereocenters. The number of hydrogen-bond donors (Lipinski definition) is 1. The van der Waals surface area contributed by atoms with Crippen LogP contribution < -0.4 is 4.72 Å². The third-order valence-corrected chi connectivity index (χ3v) is 5.84. The molecule has 0 radical (unpaired) electrons. The fourth-order valence-corrected chi connectivity index (χ4v) is 4.10. The van der Waals surface area contributed by atoms with Crippen LogP contribution in [0.4, 0.5) is 5.69 Å². The van der Waals surface area contributed by atoms with Crippen molar-refractivity contribution in [2.45, 2.75) is 30.6 Å². The number of anilines is 1. The Morgan fingerprint density at radius 3 is 2.23 bits per heavy atom. The first-order valence-electron chi connectivity index (χ1n) is 6.29. The maximum Gasteiger partial charge on any atom is 0.267 e. The first kappa shape index (κ1) is 16.5. The van der Waals surface area contributed by atoms with E-state index in [1.54, 1.807) is 13.0 Å². The molecule has 0 fully saturated rings. The molecule has 0 aliphatic rings. The molecule has 0 spiro atoms. The molecule has 0 unspecified atom stereocenters. The highest BCUT2D eigenvalue weighted by Gasteiger charge is 2.25. The van der Waals surface area contributed by atoms with Crippen molar-refractivity contribution < 1.29 is 21.4 Å². The number of aromatic nitrogens is 1. The second-order valence-corrected chi connectivity index (χ2v) is 8.64. The topological polar surface area (TPSA) is 106 Å². The van der Waals surface area contributed by atoms with Crippen molar-refractivity contribution in [2.75, 3.05) is 11.0 Å². The Morgan fingerprint density at radius 2 is 1.73 bits per heavy atom. The fourth-order valence-electron chi connectivity index (χ4n) is 2.00. The number of sulfone groups is 1. The van der Waals surface area contributed by atoms with Gasteiger partial charge < -0.3 is 4.52 Å². The van der Waals surface area contributed by atoms with Gasteiger partial charge in [-0.15, -0.1) is 0 Å². The standard InChI is InChI=1S/C13H16N2O5S2/c1-8-5-6-11(21(4,16)17)7-12(8)15-22(18,19)13-9(2)14-20-10(13)3/h5-7,15H,1-4H3. The lowest BCUT2D eigenvalue weighted by Gasteiger charge is -2.11. The van der Waals surface area contributed by atoms with Crippen molar-refractivity contribution in [1.82, 2.24) is 5.16 Å². The second kappa shape index (κ2) is 5.40. The molecule has 9 heteroatoms. The first-order chi connectivity index (χ1) is 10.0. The zero-order valence-electron chi connectivity index (χ0n) is 12.5. The predicted octanol–water partition coefficient (Wildman–Crippen LogP) is 1.80. The summed E-state index contributed by atoms with van der Waals surface area (Å²) in [5.41, 5.74) is 1.03. The van der Waals surface area contributed by atoms with Gasteiger partial charge in [0.25, 0.3) is 10.0 Å². The molecule has 0 saturated carbocycles. The van der Waals surface area contributed by atoms with E-state index in [0.717, 1.165) is 6.26 Å². The van der Waals surface area contributed by atoms with E-state index < -0.39 is 19.9 Å². The average molecular weight is 344 g/mol. The summed E-state index contributed by atoms with van der Waals surface area (Å²) < 4.78 is 55.4. The number of nitrogens with one attached hydrogen (secondary N) is 1. The third kappa shape index (κ3) is 3.14. The van der Waals surface area contributed by atoms with Crippen LogP contribution in [0.1, 0.15) is 17.0 Å². The molecule has 120 valence electrons. The van der Waals surface area contributed by atoms with Crippen LogP contribution in [-0.4, -0.2) is 28.2 Å². The average Bonchev–Trinajstić information content (AvgIpc) is 2.70. The minimum Gasteiger partial charge on any atom is -0.360 e. The highest BCUT2D eigenvalue weighted by molar-refractivity contribution is 7.93. The molecule has 1 aromatic heterocycles. The van der Waals surface area contributed by atoms with Crippen LogP contribution in [0, 0.1) is 20.8 Å². The normalized spacial score (nSPS) is 12.4. The van der Waals surface area contributed by atoms with E-state index in [2.05, 4.69) is 9.88 Å². The summed E-state index contributed by atoms with van der Waals surface area (Å²) in [6.45, 7) is 4.69. The van der Waals surface area contributed by atoms with Crippen molar-refractivity contribution in [3.63, 3.8) is 0 Å². The molecule has 0 aliphatic heterocycles. The van der Waals surface area contributed by atoms with Gasteiger partial charge in [0.2, 0.25) is 0 Å². The van der Waals surface area contributed by atoms with Crippen LogP contribution in [0.15, 0.2) is 32.5 Å². The largest absolute Gasteiger partial charge is 0.360 e. The number of rotatable bonds is 4. The Hall–Kier alpha value is -1.87. The van der Waals surface area contributed by atoms with Crippen molar-refractivity contribution in [3.05, 3.63) is 35.2 Å². The van der Waals surface area contributed by atoms with Crippen LogP contribution in [0.3, 0.4) is 0 Å². The summed E-state index contributed by atoms with van der Waals surface area (Å²) in [7, 11) is -7.35. The third-order valence-electron chi connectivity index (χ3n) is 3.12. The summed E-state index contributed by atoms with van der Waals surface area (Å²) in [5, 5.41) is 3.61. The van der Waals surface area contributed by atoms with Gasteiger partial charge >= 0.3 is 0 Å². The highest BCUT2D eigenvalue weighted by Crippen LogP contribution is 2.26. The van der Waals surface area contributed by atoms with E-state index in [9.17, 15) is 16.8 Å². The minimum absolute atomic E-state index is 0.0366. The van der Waals surface area contributed by atoms with Crippen LogP contribution in [-0.2, 0) is 19.9 Å². The van der Waals surface area contributed by atoms with Crippen molar-refractivity contribution in [1.29, 1.82) is 0 Å². The zero-order valence-corrected chi connectivity index (χ0v) is 14.2. The maximum absolute atomic E-state index is 12.5. The van der Waals surface area contributed by atoms with Gasteiger partial charge in [-0.25, -0.2) is 16.8 Å². The lowest BCUT2D eigenvalue weighted by Crippen LogP contribution is -2.15. The minimum atomic E-state index is -3.92. The van der Waals surface area contributed by atoms with E-state index in [0.29, 0.717) is 5.56 Å². The molecule has 1 heterocycles. The summed E-state index contributed by atoms with van der Waals surface area (Å²) in [4.78, 5) is -0.00813. The Bertz CT molecular complexity index is 908. The van der Waals surface area contributed by atoms with Gasteiger partial charge in [-0.1, -0.05) is 11.2 Å². The Kier molecular flexibility index (Phi) is 4.05. The van der Waals surface area contributed by atoms with E-state index >= 15 is 0 Å². The molecular formula is C13H16N2O5S2. The molecule has 22 heavy (non-hydrogen) atoms. The monoisotopic (exact) mass is 344 g/mol. The first-order valence-corrected chi connectivity index (χ1v) is 9.66. The molecule has 0 aliphatic carbocycles. The molecule has 2 aromatic rings. The summed E-state index contributed by atoms with van der Waals surface area (Å²) >= 11 is 0. The van der Waals surface area contributed by atoms with Crippen LogP contribution in [0.2, 0.25) is 0 Å². The lowest BCUT2D eigenvalue weighted by atomic mass is 10.2. The number of aryl methyl sites for hydroxylation is 3. The van der Waals surface area contributed by atoms with Gasteiger partial charge in [-0.05, 0) is 38.5 Å². The van der Waals surface area contributed by atoms with Crippen molar-refractivity contribution in [3.8, 4) is 0 Å². The van der Waals surface area contributed by atoms with Crippen molar-refractivity contribution >= 4 is 25.5 Å². The van der Waals surface area contributed by atoms with Gasteiger partial charge in [0.15, 0.2) is 20.5 Å². The molecule has 2 rings (SSSR count). The summed E-state index contributed by atoms with van der Waals surface area (Å²) in [5.74, 6) is 0.168.